The van der Waals surface area contributed by atoms with Gasteiger partial charge in [-0.3, -0.25) is 0 Å². The molecule has 0 fully saturated rings. The summed E-state index contributed by atoms with van der Waals surface area (Å²) in [6.45, 7) is 6.93. The Balaban J connectivity index is 3.12. The van der Waals surface area contributed by atoms with Gasteiger partial charge in [-0.25, -0.2) is 0 Å². The summed E-state index contributed by atoms with van der Waals surface area (Å²) < 4.78 is 1.60. The van der Waals surface area contributed by atoms with Gasteiger partial charge in [0.15, 0.2) is 0 Å². The van der Waals surface area contributed by atoms with Crippen molar-refractivity contribution >= 4 is 23.5 Å². The van der Waals surface area contributed by atoms with Crippen molar-refractivity contribution < 1.29 is 0 Å². The molecule has 2 heteroatoms. The number of hydrogen-bond donors (Lipinski definition) is 0. The van der Waals surface area contributed by atoms with Gasteiger partial charge in [0.2, 0.25) is 0 Å². The molecule has 0 rings (SSSR count). The van der Waals surface area contributed by atoms with Crippen LogP contribution in [0.15, 0.2) is 0 Å². The minimum Gasteiger partial charge on any atom is -0.142 e. The summed E-state index contributed by atoms with van der Waals surface area (Å²) in [7, 11) is 0. The zero-order chi connectivity index (χ0) is 20.5. The van der Waals surface area contributed by atoms with E-state index in [-0.39, 0.29) is 0 Å². The van der Waals surface area contributed by atoms with E-state index in [1.807, 2.05) is 0 Å². The van der Waals surface area contributed by atoms with Crippen molar-refractivity contribution in [3.05, 3.63) is 4.58 Å². The number of thioether (sulfide) groups is 2. The molecule has 0 saturated carbocycles. The zero-order valence-electron chi connectivity index (χ0n) is 19.9. The fourth-order valence-electron chi connectivity index (χ4n) is 3.65. The molecule has 0 nitrogen and oxygen atoms in total. The summed E-state index contributed by atoms with van der Waals surface area (Å²) in [6, 6.07) is 0. The molecule has 0 aromatic heterocycles. The molecule has 0 heterocycles. The van der Waals surface area contributed by atoms with Crippen molar-refractivity contribution in [2.75, 3.05) is 11.5 Å². The summed E-state index contributed by atoms with van der Waals surface area (Å²) >= 11 is 4.23. The van der Waals surface area contributed by atoms with Crippen molar-refractivity contribution in [1.82, 2.24) is 0 Å². The molecule has 0 aliphatic carbocycles. The van der Waals surface area contributed by atoms with Crippen LogP contribution in [0.3, 0.4) is 0 Å². The van der Waals surface area contributed by atoms with Crippen molar-refractivity contribution in [2.24, 2.45) is 0 Å². The van der Waals surface area contributed by atoms with Gasteiger partial charge in [-0.2, -0.15) is 0 Å². The molecule has 0 aromatic rings. The number of rotatable bonds is 24. The molecule has 0 atom stereocenters. The molecule has 0 unspecified atom stereocenters. The predicted octanol–water partition coefficient (Wildman–Crippen LogP) is 10.8. The van der Waals surface area contributed by atoms with Crippen LogP contribution in [0.4, 0.5) is 0 Å². The van der Waals surface area contributed by atoms with Crippen LogP contribution in [-0.2, 0) is 0 Å². The Morgan fingerprint density at radius 2 is 0.643 bits per heavy atom. The molecule has 0 aromatic carbocycles. The van der Waals surface area contributed by atoms with E-state index in [1.54, 1.807) is 4.58 Å². The second-order valence-corrected chi connectivity index (χ2v) is 11.4. The maximum absolute atomic E-state index is 2.34. The highest BCUT2D eigenvalue weighted by atomic mass is 32.2. The molecule has 169 valence electrons. The average molecular weight is 430 g/mol. The van der Waals surface area contributed by atoms with Crippen LogP contribution < -0.4 is 0 Å². The Kier molecular flexibility index (Phi) is 26.4. The van der Waals surface area contributed by atoms with Crippen molar-refractivity contribution in [2.45, 2.75) is 149 Å². The lowest BCUT2D eigenvalue weighted by Crippen LogP contribution is -1.89. The molecule has 28 heavy (non-hydrogen) atoms. The molecule has 0 aliphatic rings. The first-order valence-electron chi connectivity index (χ1n) is 12.9. The molecular formula is C26H53S2. The lowest BCUT2D eigenvalue weighted by atomic mass is 10.1. The fourth-order valence-corrected chi connectivity index (χ4v) is 5.76. The lowest BCUT2D eigenvalue weighted by Gasteiger charge is -2.10. The lowest BCUT2D eigenvalue weighted by molar-refractivity contribution is 0.563. The van der Waals surface area contributed by atoms with Gasteiger partial charge in [-0.1, -0.05) is 129 Å². The Hall–Kier alpha value is 0.700. The molecule has 0 bridgehead atoms. The summed E-state index contributed by atoms with van der Waals surface area (Å²) in [5, 5.41) is 0. The van der Waals surface area contributed by atoms with E-state index in [2.05, 4.69) is 44.3 Å². The van der Waals surface area contributed by atoms with Gasteiger partial charge in [0.1, 0.15) is 0 Å². The summed E-state index contributed by atoms with van der Waals surface area (Å²) in [4.78, 5) is 0. The molecule has 1 radical (unpaired) electrons. The smallest absolute Gasteiger partial charge is 0.0817 e. The van der Waals surface area contributed by atoms with Gasteiger partial charge in [-0.05, 0) is 31.3 Å². The largest absolute Gasteiger partial charge is 0.142 e. The van der Waals surface area contributed by atoms with Gasteiger partial charge in [0.05, 0.1) is 4.58 Å². The maximum Gasteiger partial charge on any atom is 0.0817 e. The molecule has 0 saturated heterocycles. The van der Waals surface area contributed by atoms with E-state index >= 15 is 0 Å². The van der Waals surface area contributed by atoms with E-state index in [4.69, 9.17) is 0 Å². The standard InChI is InChI=1S/C26H53S2/c1-4-6-8-10-12-14-16-18-20-22-24-27-26(3)28-25-23-21-19-17-15-13-11-9-7-5-2/h4-25H2,1-3H3. The van der Waals surface area contributed by atoms with Crippen LogP contribution in [0.1, 0.15) is 149 Å². The van der Waals surface area contributed by atoms with Crippen LogP contribution in [0.25, 0.3) is 0 Å². The predicted molar refractivity (Wildman–Crippen MR) is 138 cm³/mol. The van der Waals surface area contributed by atoms with Crippen LogP contribution in [0, 0.1) is 4.58 Å². The first-order valence-corrected chi connectivity index (χ1v) is 14.9. The second kappa shape index (κ2) is 25.7. The number of hydrogen-bond acceptors (Lipinski definition) is 2. The number of unbranched alkanes of at least 4 members (excludes halogenated alkanes) is 18. The van der Waals surface area contributed by atoms with Crippen LogP contribution in [0.2, 0.25) is 0 Å². The average Bonchev–Trinajstić information content (AvgIpc) is 2.70. The molecule has 0 N–H and O–H groups in total. The minimum absolute atomic E-state index is 1.34. The monoisotopic (exact) mass is 429 g/mol. The SMILES string of the molecule is CCCCCCCCCCCCS[C](C)SCCCCCCCCCCCC. The van der Waals surface area contributed by atoms with Gasteiger partial charge in [-0.15, -0.1) is 23.5 Å². The minimum atomic E-state index is 1.34. The third kappa shape index (κ3) is 24.7. The second-order valence-electron chi connectivity index (χ2n) is 8.55. The van der Waals surface area contributed by atoms with Gasteiger partial charge in [0.25, 0.3) is 0 Å². The maximum atomic E-state index is 2.34. The first-order chi connectivity index (χ1) is 13.8. The van der Waals surface area contributed by atoms with E-state index in [9.17, 15) is 0 Å². The van der Waals surface area contributed by atoms with E-state index in [1.165, 1.54) is 140 Å². The Bertz CT molecular complexity index is 241. The van der Waals surface area contributed by atoms with E-state index < -0.39 is 0 Å². The Morgan fingerprint density at radius 1 is 0.393 bits per heavy atom. The summed E-state index contributed by atoms with van der Waals surface area (Å²) in [6.07, 6.45) is 28.9. The zero-order valence-corrected chi connectivity index (χ0v) is 21.5. The molecule has 0 aliphatic heterocycles. The fraction of sp³-hybridized carbons (Fsp3) is 0.962. The highest BCUT2D eigenvalue weighted by Gasteiger charge is 2.04. The summed E-state index contributed by atoms with van der Waals surface area (Å²) in [5.74, 6) is 2.68. The topological polar surface area (TPSA) is 0 Å². The summed E-state index contributed by atoms with van der Waals surface area (Å²) in [5.41, 5.74) is 0. The van der Waals surface area contributed by atoms with Crippen molar-refractivity contribution in [1.29, 1.82) is 0 Å². The van der Waals surface area contributed by atoms with Gasteiger partial charge in [0, 0.05) is 0 Å². The highest BCUT2D eigenvalue weighted by molar-refractivity contribution is 8.20. The Morgan fingerprint density at radius 3 is 0.929 bits per heavy atom. The normalized spacial score (nSPS) is 11.6. The molecular weight excluding hydrogens is 376 g/mol. The van der Waals surface area contributed by atoms with Crippen LogP contribution in [-0.4, -0.2) is 11.5 Å². The van der Waals surface area contributed by atoms with Crippen molar-refractivity contribution in [3.8, 4) is 0 Å². The molecule has 0 spiro atoms. The van der Waals surface area contributed by atoms with E-state index in [0.717, 1.165) is 0 Å². The first kappa shape index (κ1) is 28.7. The third-order valence-corrected chi connectivity index (χ3v) is 8.11. The Labute approximate surface area is 188 Å². The van der Waals surface area contributed by atoms with Gasteiger partial charge < -0.3 is 0 Å². The van der Waals surface area contributed by atoms with Crippen LogP contribution in [0.5, 0.6) is 0 Å². The molecule has 0 amide bonds. The highest BCUT2D eigenvalue weighted by Crippen LogP contribution is 2.32. The quantitative estimate of drug-likeness (QED) is 0.140. The van der Waals surface area contributed by atoms with Gasteiger partial charge >= 0.3 is 0 Å². The van der Waals surface area contributed by atoms with Crippen molar-refractivity contribution in [3.63, 3.8) is 0 Å². The third-order valence-electron chi connectivity index (χ3n) is 5.61. The van der Waals surface area contributed by atoms with Crippen LogP contribution >= 0.6 is 23.5 Å². The van der Waals surface area contributed by atoms with E-state index in [0.29, 0.717) is 0 Å².